The van der Waals surface area contributed by atoms with E-state index < -0.39 is 19.7 Å². The number of ether oxygens (including phenoxy) is 1. The zero-order valence-corrected chi connectivity index (χ0v) is 11.0. The molecule has 0 heterocycles. The number of carbonyl (C=O) groups is 1. The molecule has 96 valence electrons. The Morgan fingerprint density at radius 1 is 1.25 bits per heavy atom. The minimum absolute atomic E-state index is 0.165. The summed E-state index contributed by atoms with van der Waals surface area (Å²) in [5.74, 6) is -0.633. The molecule has 16 heavy (non-hydrogen) atoms. The van der Waals surface area contributed by atoms with Gasteiger partial charge in [0.2, 0.25) is 0 Å². The summed E-state index contributed by atoms with van der Waals surface area (Å²) >= 11 is 0. The lowest BCUT2D eigenvalue weighted by molar-refractivity contribution is -0.242. The van der Waals surface area contributed by atoms with Gasteiger partial charge in [-0.3, -0.25) is 9.36 Å². The van der Waals surface area contributed by atoms with Crippen LogP contribution in [0.15, 0.2) is 0 Å². The van der Waals surface area contributed by atoms with Crippen molar-refractivity contribution in [2.45, 2.75) is 33.8 Å². The molecule has 0 N–H and O–H groups in total. The molecule has 0 saturated carbocycles. The van der Waals surface area contributed by atoms with E-state index in [4.69, 9.17) is 9.41 Å². The molecule has 0 rings (SSSR count). The van der Waals surface area contributed by atoms with E-state index in [9.17, 15) is 9.36 Å². The van der Waals surface area contributed by atoms with Crippen LogP contribution in [0.3, 0.4) is 0 Å². The molecule has 1 unspecified atom stereocenters. The van der Waals surface area contributed by atoms with Crippen LogP contribution in [0.5, 0.6) is 0 Å². The molecule has 0 aliphatic heterocycles. The number of rotatable bonds is 8. The van der Waals surface area contributed by atoms with Gasteiger partial charge in [0, 0.05) is 0 Å². The van der Waals surface area contributed by atoms with E-state index >= 15 is 0 Å². The highest BCUT2D eigenvalue weighted by molar-refractivity contribution is 7.54. The first-order chi connectivity index (χ1) is 7.43. The van der Waals surface area contributed by atoms with Crippen LogP contribution < -0.4 is 0 Å². The van der Waals surface area contributed by atoms with Gasteiger partial charge in [0.15, 0.2) is 0 Å². The van der Waals surface area contributed by atoms with Crippen molar-refractivity contribution in [1.29, 1.82) is 0 Å². The van der Waals surface area contributed by atoms with Gasteiger partial charge in [0.1, 0.15) is 6.16 Å². The van der Waals surface area contributed by atoms with Crippen LogP contribution in [-0.2, 0) is 28.2 Å². The molecule has 0 saturated heterocycles. The van der Waals surface area contributed by atoms with Gasteiger partial charge in [-0.2, -0.15) is 0 Å². The normalized spacial score (nSPS) is 14.8. The lowest BCUT2D eigenvalue weighted by Crippen LogP contribution is -2.14. The van der Waals surface area contributed by atoms with Gasteiger partial charge in [0.25, 0.3) is 0 Å². The predicted molar refractivity (Wildman–Crippen MR) is 58.0 cm³/mol. The van der Waals surface area contributed by atoms with Crippen molar-refractivity contribution in [2.24, 2.45) is 0 Å². The highest BCUT2D eigenvalue weighted by Crippen LogP contribution is 2.48. The van der Waals surface area contributed by atoms with E-state index in [0.29, 0.717) is 0 Å². The Labute approximate surface area is 95.7 Å². The molecule has 0 aromatic carbocycles. The van der Waals surface area contributed by atoms with Gasteiger partial charge in [0.05, 0.1) is 19.3 Å². The Morgan fingerprint density at radius 2 is 1.88 bits per heavy atom. The second-order valence-electron chi connectivity index (χ2n) is 3.21. The van der Waals surface area contributed by atoms with Crippen LogP contribution >= 0.6 is 7.60 Å². The topological polar surface area (TPSA) is 71.1 Å². The Morgan fingerprint density at radius 3 is 2.31 bits per heavy atom. The molecular weight excluding hydrogens is 235 g/mol. The predicted octanol–water partition coefficient (Wildman–Crippen LogP) is 2.14. The van der Waals surface area contributed by atoms with E-state index in [0.717, 1.165) is 0 Å². The maximum atomic E-state index is 11.9. The summed E-state index contributed by atoms with van der Waals surface area (Å²) in [7, 11) is -3.56. The first-order valence-electron chi connectivity index (χ1n) is 5.17. The fraction of sp³-hybridized carbons (Fsp3) is 0.889. The standard InChI is InChI=1S/C9H19O6P/c1-5-12-9(10)7-16(11,13-6-2)15-14-8(3)4/h8H,5-7H2,1-4H3. The molecule has 1 atom stereocenters. The summed E-state index contributed by atoms with van der Waals surface area (Å²) in [5, 5.41) is 0. The molecule has 0 aromatic heterocycles. The maximum Gasteiger partial charge on any atom is 0.369 e. The van der Waals surface area contributed by atoms with Crippen molar-refractivity contribution in [3.63, 3.8) is 0 Å². The van der Waals surface area contributed by atoms with Gasteiger partial charge in [-0.15, -0.1) is 4.67 Å². The largest absolute Gasteiger partial charge is 0.465 e. The minimum atomic E-state index is -3.56. The minimum Gasteiger partial charge on any atom is -0.465 e. The number of hydrogen-bond donors (Lipinski definition) is 0. The van der Waals surface area contributed by atoms with Crippen molar-refractivity contribution < 1.29 is 28.2 Å². The van der Waals surface area contributed by atoms with Crippen LogP contribution in [0, 0.1) is 0 Å². The summed E-state index contributed by atoms with van der Waals surface area (Å²) < 4.78 is 26.2. The third-order valence-corrected chi connectivity index (χ3v) is 2.91. The van der Waals surface area contributed by atoms with Gasteiger partial charge < -0.3 is 9.26 Å². The molecule has 0 aliphatic carbocycles. The second-order valence-corrected chi connectivity index (χ2v) is 5.16. The zero-order valence-electron chi connectivity index (χ0n) is 10.1. The van der Waals surface area contributed by atoms with E-state index in [-0.39, 0.29) is 19.3 Å². The highest BCUT2D eigenvalue weighted by Gasteiger charge is 2.30. The fourth-order valence-corrected chi connectivity index (χ4v) is 2.10. The van der Waals surface area contributed by atoms with Gasteiger partial charge in [-0.25, -0.2) is 4.89 Å². The van der Waals surface area contributed by atoms with Gasteiger partial charge in [-0.1, -0.05) is 0 Å². The Hall–Kier alpha value is -0.420. The monoisotopic (exact) mass is 254 g/mol. The summed E-state index contributed by atoms with van der Waals surface area (Å²) in [6.45, 7) is 7.11. The second kappa shape index (κ2) is 7.79. The van der Waals surface area contributed by atoms with Gasteiger partial charge >= 0.3 is 13.6 Å². The average molecular weight is 254 g/mol. The quantitative estimate of drug-likeness (QED) is 0.286. The summed E-state index contributed by atoms with van der Waals surface area (Å²) in [6.07, 6.45) is -0.711. The molecule has 0 fully saturated rings. The summed E-state index contributed by atoms with van der Waals surface area (Å²) in [4.78, 5) is 15.9. The Bertz CT molecular complexity index is 252. The van der Waals surface area contributed by atoms with Crippen LogP contribution in [0.2, 0.25) is 0 Å². The van der Waals surface area contributed by atoms with Crippen molar-refractivity contribution in [2.75, 3.05) is 19.4 Å². The van der Waals surface area contributed by atoms with Crippen LogP contribution in [0.4, 0.5) is 0 Å². The van der Waals surface area contributed by atoms with Crippen molar-refractivity contribution in [1.82, 2.24) is 0 Å². The van der Waals surface area contributed by atoms with E-state index in [1.807, 2.05) is 0 Å². The zero-order chi connectivity index (χ0) is 12.6. The smallest absolute Gasteiger partial charge is 0.369 e. The van der Waals surface area contributed by atoms with Crippen molar-refractivity contribution >= 4 is 13.6 Å². The molecule has 0 aromatic rings. The van der Waals surface area contributed by atoms with Crippen molar-refractivity contribution in [3.8, 4) is 0 Å². The lowest BCUT2D eigenvalue weighted by atomic mass is 10.5. The molecule has 0 radical (unpaired) electrons. The van der Waals surface area contributed by atoms with E-state index in [1.54, 1.807) is 27.7 Å². The molecular formula is C9H19O6P. The fourth-order valence-electron chi connectivity index (χ4n) is 0.807. The van der Waals surface area contributed by atoms with E-state index in [2.05, 4.69) is 9.41 Å². The molecule has 0 amide bonds. The third kappa shape index (κ3) is 6.95. The molecule has 0 bridgehead atoms. The van der Waals surface area contributed by atoms with Crippen LogP contribution in [0.25, 0.3) is 0 Å². The number of carbonyl (C=O) groups excluding carboxylic acids is 1. The number of esters is 1. The lowest BCUT2D eigenvalue weighted by Gasteiger charge is -2.16. The van der Waals surface area contributed by atoms with Crippen LogP contribution in [0.1, 0.15) is 27.7 Å². The first kappa shape index (κ1) is 15.6. The molecule has 0 spiro atoms. The van der Waals surface area contributed by atoms with E-state index in [1.165, 1.54) is 0 Å². The molecule has 0 aliphatic rings. The highest BCUT2D eigenvalue weighted by atomic mass is 31.2. The summed E-state index contributed by atoms with van der Waals surface area (Å²) in [6, 6.07) is 0. The van der Waals surface area contributed by atoms with Gasteiger partial charge in [-0.05, 0) is 27.7 Å². The Balaban J connectivity index is 4.32. The third-order valence-electron chi connectivity index (χ3n) is 1.30. The molecule has 6 nitrogen and oxygen atoms in total. The van der Waals surface area contributed by atoms with Crippen LogP contribution in [-0.4, -0.2) is 31.4 Å². The Kier molecular flexibility index (Phi) is 7.58. The number of hydrogen-bond acceptors (Lipinski definition) is 6. The summed E-state index contributed by atoms with van der Waals surface area (Å²) in [5.41, 5.74) is 0. The SMILES string of the molecule is CCOC(=O)CP(=O)(OCC)OOC(C)C. The molecule has 7 heteroatoms. The first-order valence-corrected chi connectivity index (χ1v) is 6.90. The maximum absolute atomic E-state index is 11.9. The average Bonchev–Trinajstić information content (AvgIpc) is 2.15. The van der Waals surface area contributed by atoms with Crippen molar-refractivity contribution in [3.05, 3.63) is 0 Å².